The Labute approximate surface area is 110 Å². The van der Waals surface area contributed by atoms with Crippen molar-refractivity contribution < 1.29 is 4.79 Å². The maximum absolute atomic E-state index is 12.0. The Morgan fingerprint density at radius 1 is 1.33 bits per heavy atom. The number of piperidine rings is 1. The summed E-state index contributed by atoms with van der Waals surface area (Å²) in [7, 11) is 0. The second-order valence-corrected chi connectivity index (χ2v) is 6.00. The van der Waals surface area contributed by atoms with Gasteiger partial charge in [-0.3, -0.25) is 9.69 Å². The molecule has 1 aliphatic heterocycles. The van der Waals surface area contributed by atoms with Crippen LogP contribution in [0.1, 0.15) is 51.9 Å². The Kier molecular flexibility index (Phi) is 4.62. The van der Waals surface area contributed by atoms with E-state index in [1.165, 1.54) is 25.8 Å². The Hall–Kier alpha value is -0.610. The Morgan fingerprint density at radius 2 is 2.06 bits per heavy atom. The fraction of sp³-hybridized carbons (Fsp3) is 0.929. The fourth-order valence-electron chi connectivity index (χ4n) is 3.21. The number of nitrogens with two attached hydrogens (primary N) is 1. The molecule has 4 heteroatoms. The van der Waals surface area contributed by atoms with Crippen LogP contribution in [0.2, 0.25) is 0 Å². The van der Waals surface area contributed by atoms with E-state index in [4.69, 9.17) is 5.73 Å². The van der Waals surface area contributed by atoms with Gasteiger partial charge in [0.15, 0.2) is 0 Å². The predicted octanol–water partition coefficient (Wildman–Crippen LogP) is 1.25. The summed E-state index contributed by atoms with van der Waals surface area (Å²) in [5, 5.41) is 3.03. The first kappa shape index (κ1) is 13.8. The van der Waals surface area contributed by atoms with Crippen LogP contribution in [0.3, 0.4) is 0 Å². The van der Waals surface area contributed by atoms with Gasteiger partial charge in [0.25, 0.3) is 0 Å². The minimum Gasteiger partial charge on any atom is -0.353 e. The molecule has 3 N–H and O–H groups in total. The summed E-state index contributed by atoms with van der Waals surface area (Å²) in [6, 6.07) is 0.661. The lowest BCUT2D eigenvalue weighted by Gasteiger charge is -2.33. The summed E-state index contributed by atoms with van der Waals surface area (Å²) < 4.78 is 0. The van der Waals surface area contributed by atoms with E-state index < -0.39 is 5.54 Å². The second kappa shape index (κ2) is 6.02. The fourth-order valence-corrected chi connectivity index (χ4v) is 3.21. The van der Waals surface area contributed by atoms with E-state index in [-0.39, 0.29) is 5.91 Å². The van der Waals surface area contributed by atoms with Crippen LogP contribution in [0.4, 0.5) is 0 Å². The molecule has 1 unspecified atom stereocenters. The van der Waals surface area contributed by atoms with Gasteiger partial charge in [-0.25, -0.2) is 0 Å². The predicted molar refractivity (Wildman–Crippen MR) is 73.3 cm³/mol. The molecule has 1 heterocycles. The standard InChI is InChI=1S/C14H27N3O/c1-12-6-2-5-10-17(12)11-9-16-13(18)14(15)7-3-4-8-14/h12H,2-11,15H2,1H3,(H,16,18). The average molecular weight is 253 g/mol. The molecular formula is C14H27N3O. The molecule has 2 fully saturated rings. The Bertz CT molecular complexity index is 287. The SMILES string of the molecule is CC1CCCCN1CCNC(=O)C1(N)CCCC1. The van der Waals surface area contributed by atoms with Crippen molar-refractivity contribution in [2.24, 2.45) is 5.73 Å². The molecule has 0 aromatic rings. The number of amides is 1. The minimum atomic E-state index is -0.576. The quantitative estimate of drug-likeness (QED) is 0.793. The van der Waals surface area contributed by atoms with E-state index in [1.54, 1.807) is 0 Å². The van der Waals surface area contributed by atoms with Crippen LogP contribution >= 0.6 is 0 Å². The molecular weight excluding hydrogens is 226 g/mol. The van der Waals surface area contributed by atoms with E-state index in [0.717, 1.165) is 38.8 Å². The molecule has 0 bridgehead atoms. The molecule has 1 atom stereocenters. The zero-order valence-electron chi connectivity index (χ0n) is 11.6. The van der Waals surface area contributed by atoms with E-state index in [2.05, 4.69) is 17.1 Å². The highest BCUT2D eigenvalue weighted by molar-refractivity contribution is 5.86. The monoisotopic (exact) mass is 253 g/mol. The second-order valence-electron chi connectivity index (χ2n) is 6.00. The molecule has 0 spiro atoms. The third-order valence-corrected chi connectivity index (χ3v) is 4.57. The highest BCUT2D eigenvalue weighted by atomic mass is 16.2. The van der Waals surface area contributed by atoms with Gasteiger partial charge in [-0.05, 0) is 39.2 Å². The van der Waals surface area contributed by atoms with E-state index in [1.807, 2.05) is 0 Å². The molecule has 0 radical (unpaired) electrons. The van der Waals surface area contributed by atoms with Crippen LogP contribution in [0.25, 0.3) is 0 Å². The third-order valence-electron chi connectivity index (χ3n) is 4.57. The molecule has 0 aromatic heterocycles. The summed E-state index contributed by atoms with van der Waals surface area (Å²) in [5.41, 5.74) is 5.55. The maximum atomic E-state index is 12.0. The van der Waals surface area contributed by atoms with Crippen molar-refractivity contribution in [2.45, 2.75) is 63.5 Å². The van der Waals surface area contributed by atoms with Crippen molar-refractivity contribution >= 4 is 5.91 Å². The van der Waals surface area contributed by atoms with Gasteiger partial charge in [-0.1, -0.05) is 19.3 Å². The van der Waals surface area contributed by atoms with Crippen molar-refractivity contribution in [2.75, 3.05) is 19.6 Å². The molecule has 1 aliphatic carbocycles. The van der Waals surface area contributed by atoms with Gasteiger partial charge in [0.2, 0.25) is 5.91 Å². The summed E-state index contributed by atoms with van der Waals surface area (Å²) in [4.78, 5) is 14.5. The first-order valence-electron chi connectivity index (χ1n) is 7.43. The number of carbonyl (C=O) groups is 1. The largest absolute Gasteiger partial charge is 0.353 e. The number of likely N-dealkylation sites (tertiary alicyclic amines) is 1. The zero-order valence-corrected chi connectivity index (χ0v) is 11.6. The molecule has 1 saturated heterocycles. The normalized spacial score (nSPS) is 28.2. The average Bonchev–Trinajstić information content (AvgIpc) is 2.80. The molecule has 2 rings (SSSR count). The Balaban J connectivity index is 1.70. The molecule has 0 aromatic carbocycles. The molecule has 2 aliphatic rings. The zero-order chi connectivity index (χ0) is 13.0. The smallest absolute Gasteiger partial charge is 0.240 e. The number of carbonyl (C=O) groups excluding carboxylic acids is 1. The van der Waals surface area contributed by atoms with Gasteiger partial charge < -0.3 is 11.1 Å². The van der Waals surface area contributed by atoms with Crippen molar-refractivity contribution in [3.05, 3.63) is 0 Å². The van der Waals surface area contributed by atoms with E-state index >= 15 is 0 Å². The summed E-state index contributed by atoms with van der Waals surface area (Å²) in [6.07, 6.45) is 7.79. The number of nitrogens with zero attached hydrogens (tertiary/aromatic N) is 1. The first-order valence-corrected chi connectivity index (χ1v) is 7.43. The molecule has 18 heavy (non-hydrogen) atoms. The van der Waals surface area contributed by atoms with Crippen LogP contribution in [0.15, 0.2) is 0 Å². The topological polar surface area (TPSA) is 58.4 Å². The summed E-state index contributed by atoms with van der Waals surface area (Å²) in [5.74, 6) is 0.0599. The van der Waals surface area contributed by atoms with Crippen LogP contribution in [-0.4, -0.2) is 42.0 Å². The van der Waals surface area contributed by atoms with Crippen LogP contribution in [0.5, 0.6) is 0 Å². The molecule has 1 amide bonds. The van der Waals surface area contributed by atoms with Crippen molar-refractivity contribution in [1.82, 2.24) is 10.2 Å². The van der Waals surface area contributed by atoms with Gasteiger partial charge in [0.05, 0.1) is 5.54 Å². The van der Waals surface area contributed by atoms with Gasteiger partial charge in [-0.15, -0.1) is 0 Å². The first-order chi connectivity index (χ1) is 8.62. The highest BCUT2D eigenvalue weighted by Crippen LogP contribution is 2.27. The van der Waals surface area contributed by atoms with Crippen LogP contribution < -0.4 is 11.1 Å². The van der Waals surface area contributed by atoms with Gasteiger partial charge >= 0.3 is 0 Å². The minimum absolute atomic E-state index is 0.0599. The summed E-state index contributed by atoms with van der Waals surface area (Å²) >= 11 is 0. The third kappa shape index (κ3) is 3.23. The van der Waals surface area contributed by atoms with Crippen molar-refractivity contribution in [3.8, 4) is 0 Å². The number of hydrogen-bond donors (Lipinski definition) is 2. The van der Waals surface area contributed by atoms with Crippen molar-refractivity contribution in [3.63, 3.8) is 0 Å². The van der Waals surface area contributed by atoms with E-state index in [9.17, 15) is 4.79 Å². The molecule has 104 valence electrons. The Morgan fingerprint density at radius 3 is 2.72 bits per heavy atom. The summed E-state index contributed by atoms with van der Waals surface area (Å²) in [6.45, 7) is 5.15. The van der Waals surface area contributed by atoms with Crippen molar-refractivity contribution in [1.29, 1.82) is 0 Å². The van der Waals surface area contributed by atoms with E-state index in [0.29, 0.717) is 6.04 Å². The molecule has 4 nitrogen and oxygen atoms in total. The number of hydrogen-bond acceptors (Lipinski definition) is 3. The van der Waals surface area contributed by atoms with Crippen LogP contribution in [0, 0.1) is 0 Å². The van der Waals surface area contributed by atoms with Crippen LogP contribution in [-0.2, 0) is 4.79 Å². The number of rotatable bonds is 4. The van der Waals surface area contributed by atoms with Gasteiger partial charge in [0, 0.05) is 19.1 Å². The lowest BCUT2D eigenvalue weighted by Crippen LogP contribution is -2.53. The maximum Gasteiger partial charge on any atom is 0.240 e. The molecule has 1 saturated carbocycles. The lowest BCUT2D eigenvalue weighted by molar-refractivity contribution is -0.126. The number of nitrogens with one attached hydrogen (secondary N) is 1. The highest BCUT2D eigenvalue weighted by Gasteiger charge is 2.36. The van der Waals surface area contributed by atoms with Gasteiger partial charge in [0.1, 0.15) is 0 Å². The van der Waals surface area contributed by atoms with Gasteiger partial charge in [-0.2, -0.15) is 0 Å². The lowest BCUT2D eigenvalue weighted by atomic mass is 9.98.